The largest absolute Gasteiger partial charge is 0.394 e. The van der Waals surface area contributed by atoms with E-state index in [2.05, 4.69) is 26.3 Å². The standard InChI is InChI=1S/C12H18BrN3O2/c13-11-10(14-7-9-3-1-2-4-9)8-15-16(5-6-17)12(11)18/h8-9,14,17H,1-7H2. The zero-order valence-electron chi connectivity index (χ0n) is 10.2. The highest BCUT2D eigenvalue weighted by Crippen LogP contribution is 2.25. The summed E-state index contributed by atoms with van der Waals surface area (Å²) in [4.78, 5) is 11.9. The molecule has 0 aliphatic heterocycles. The topological polar surface area (TPSA) is 67.2 Å². The van der Waals surface area contributed by atoms with Gasteiger partial charge in [-0.3, -0.25) is 4.79 Å². The van der Waals surface area contributed by atoms with Crippen LogP contribution >= 0.6 is 15.9 Å². The molecule has 0 aromatic carbocycles. The van der Waals surface area contributed by atoms with Crippen molar-refractivity contribution in [2.75, 3.05) is 18.5 Å². The van der Waals surface area contributed by atoms with Gasteiger partial charge in [0.2, 0.25) is 0 Å². The summed E-state index contributed by atoms with van der Waals surface area (Å²) in [5, 5.41) is 16.1. The lowest BCUT2D eigenvalue weighted by atomic mass is 10.1. The summed E-state index contributed by atoms with van der Waals surface area (Å²) in [5.41, 5.74) is 0.529. The molecule has 5 nitrogen and oxygen atoms in total. The molecule has 0 atom stereocenters. The van der Waals surface area contributed by atoms with Gasteiger partial charge < -0.3 is 10.4 Å². The van der Waals surface area contributed by atoms with Crippen LogP contribution in [-0.2, 0) is 6.54 Å². The predicted octanol–water partition coefficient (Wildman–Crippen LogP) is 1.60. The molecule has 1 aliphatic carbocycles. The van der Waals surface area contributed by atoms with E-state index in [1.165, 1.54) is 30.4 Å². The molecule has 0 bridgehead atoms. The molecule has 1 aromatic rings. The van der Waals surface area contributed by atoms with E-state index >= 15 is 0 Å². The van der Waals surface area contributed by atoms with Gasteiger partial charge in [-0.05, 0) is 34.7 Å². The summed E-state index contributed by atoms with van der Waals surface area (Å²) in [6, 6.07) is 0. The lowest BCUT2D eigenvalue weighted by Crippen LogP contribution is -2.26. The highest BCUT2D eigenvalue weighted by atomic mass is 79.9. The zero-order valence-corrected chi connectivity index (χ0v) is 11.8. The van der Waals surface area contributed by atoms with Crippen LogP contribution in [0.2, 0.25) is 0 Å². The Kier molecular flexibility index (Phi) is 4.77. The predicted molar refractivity (Wildman–Crippen MR) is 73.7 cm³/mol. The maximum Gasteiger partial charge on any atom is 0.283 e. The fraction of sp³-hybridized carbons (Fsp3) is 0.667. The Bertz CT molecular complexity index is 455. The molecule has 0 saturated heterocycles. The first kappa shape index (κ1) is 13.5. The molecular formula is C12H18BrN3O2. The average Bonchev–Trinajstić information content (AvgIpc) is 2.87. The van der Waals surface area contributed by atoms with Crippen LogP contribution in [0.3, 0.4) is 0 Å². The van der Waals surface area contributed by atoms with E-state index in [-0.39, 0.29) is 18.7 Å². The summed E-state index contributed by atoms with van der Waals surface area (Å²) in [6.07, 6.45) is 6.78. The Morgan fingerprint density at radius 1 is 1.50 bits per heavy atom. The van der Waals surface area contributed by atoms with Gasteiger partial charge in [0.15, 0.2) is 0 Å². The first-order chi connectivity index (χ1) is 8.72. The second kappa shape index (κ2) is 6.33. The van der Waals surface area contributed by atoms with Crippen LogP contribution in [0.25, 0.3) is 0 Å². The van der Waals surface area contributed by atoms with Gasteiger partial charge in [0.1, 0.15) is 4.47 Å². The molecule has 1 saturated carbocycles. The number of aromatic nitrogens is 2. The van der Waals surface area contributed by atoms with Crippen molar-refractivity contribution < 1.29 is 5.11 Å². The highest BCUT2D eigenvalue weighted by Gasteiger charge is 2.15. The molecule has 18 heavy (non-hydrogen) atoms. The summed E-state index contributed by atoms with van der Waals surface area (Å²) >= 11 is 3.29. The molecule has 2 N–H and O–H groups in total. The van der Waals surface area contributed by atoms with Crippen LogP contribution in [-0.4, -0.2) is 28.0 Å². The number of anilines is 1. The number of hydrogen-bond donors (Lipinski definition) is 2. The van der Waals surface area contributed by atoms with Gasteiger partial charge in [0.25, 0.3) is 5.56 Å². The number of nitrogens with one attached hydrogen (secondary N) is 1. The molecular weight excluding hydrogens is 298 g/mol. The van der Waals surface area contributed by atoms with Crippen LogP contribution < -0.4 is 10.9 Å². The SMILES string of the molecule is O=c1c(Br)c(NCC2CCCC2)cnn1CCO. The summed E-state index contributed by atoms with van der Waals surface area (Å²) in [7, 11) is 0. The lowest BCUT2D eigenvalue weighted by molar-refractivity contribution is 0.266. The van der Waals surface area contributed by atoms with E-state index in [1.807, 2.05) is 0 Å². The van der Waals surface area contributed by atoms with Crippen molar-refractivity contribution in [2.24, 2.45) is 5.92 Å². The van der Waals surface area contributed by atoms with E-state index < -0.39 is 0 Å². The van der Waals surface area contributed by atoms with Gasteiger partial charge in [-0.1, -0.05) is 12.8 Å². The molecule has 2 rings (SSSR count). The second-order valence-electron chi connectivity index (χ2n) is 4.66. The third kappa shape index (κ3) is 3.11. The number of aliphatic hydroxyl groups is 1. The van der Waals surface area contributed by atoms with Crippen molar-refractivity contribution in [3.63, 3.8) is 0 Å². The normalized spacial score (nSPS) is 16.1. The third-order valence-corrected chi connectivity index (χ3v) is 4.12. The Morgan fingerprint density at radius 3 is 2.89 bits per heavy atom. The molecule has 1 heterocycles. The number of halogens is 1. The molecule has 0 unspecified atom stereocenters. The summed E-state index contributed by atoms with van der Waals surface area (Å²) in [6.45, 7) is 1.03. The van der Waals surface area contributed by atoms with E-state index in [0.29, 0.717) is 10.4 Å². The van der Waals surface area contributed by atoms with Crippen molar-refractivity contribution in [3.05, 3.63) is 21.0 Å². The van der Waals surface area contributed by atoms with Crippen molar-refractivity contribution >= 4 is 21.6 Å². The molecule has 0 radical (unpaired) electrons. The van der Waals surface area contributed by atoms with Crippen molar-refractivity contribution in [1.29, 1.82) is 0 Å². The maximum atomic E-state index is 11.9. The molecule has 1 fully saturated rings. The van der Waals surface area contributed by atoms with Gasteiger partial charge in [-0.15, -0.1) is 0 Å². The lowest BCUT2D eigenvalue weighted by Gasteiger charge is -2.13. The van der Waals surface area contributed by atoms with E-state index in [1.54, 1.807) is 6.20 Å². The molecule has 0 spiro atoms. The first-order valence-electron chi connectivity index (χ1n) is 6.32. The van der Waals surface area contributed by atoms with Crippen molar-refractivity contribution in [3.8, 4) is 0 Å². The Balaban J connectivity index is 2.04. The van der Waals surface area contributed by atoms with Gasteiger partial charge >= 0.3 is 0 Å². The molecule has 0 amide bonds. The van der Waals surface area contributed by atoms with Gasteiger partial charge in [-0.2, -0.15) is 5.10 Å². The van der Waals surface area contributed by atoms with Crippen LogP contribution in [0.5, 0.6) is 0 Å². The fourth-order valence-electron chi connectivity index (χ4n) is 2.31. The minimum atomic E-state index is -0.208. The van der Waals surface area contributed by atoms with Gasteiger partial charge in [0, 0.05) is 6.54 Å². The van der Waals surface area contributed by atoms with Crippen molar-refractivity contribution in [2.45, 2.75) is 32.2 Å². The van der Waals surface area contributed by atoms with Gasteiger partial charge in [0.05, 0.1) is 25.0 Å². The quantitative estimate of drug-likeness (QED) is 0.866. The smallest absolute Gasteiger partial charge is 0.283 e. The summed E-state index contributed by atoms with van der Waals surface area (Å²) < 4.78 is 1.74. The van der Waals surface area contributed by atoms with Crippen LogP contribution in [0, 0.1) is 5.92 Å². The van der Waals surface area contributed by atoms with Gasteiger partial charge in [-0.25, -0.2) is 4.68 Å². The minimum Gasteiger partial charge on any atom is -0.394 e. The summed E-state index contributed by atoms with van der Waals surface area (Å²) in [5.74, 6) is 0.705. The minimum absolute atomic E-state index is 0.0891. The highest BCUT2D eigenvalue weighted by molar-refractivity contribution is 9.10. The molecule has 1 aliphatic rings. The van der Waals surface area contributed by atoms with Crippen LogP contribution in [0.1, 0.15) is 25.7 Å². The Morgan fingerprint density at radius 2 is 2.22 bits per heavy atom. The molecule has 1 aromatic heterocycles. The number of aliphatic hydroxyl groups excluding tert-OH is 1. The molecule has 6 heteroatoms. The van der Waals surface area contributed by atoms with E-state index in [4.69, 9.17) is 5.11 Å². The third-order valence-electron chi connectivity index (χ3n) is 3.35. The second-order valence-corrected chi connectivity index (χ2v) is 5.45. The van der Waals surface area contributed by atoms with E-state index in [0.717, 1.165) is 12.2 Å². The zero-order chi connectivity index (χ0) is 13.0. The van der Waals surface area contributed by atoms with Crippen molar-refractivity contribution in [1.82, 2.24) is 9.78 Å². The Labute approximate surface area is 114 Å². The fourth-order valence-corrected chi connectivity index (χ4v) is 2.76. The Hall–Kier alpha value is -0.880. The van der Waals surface area contributed by atoms with E-state index in [9.17, 15) is 4.79 Å². The number of rotatable bonds is 5. The number of hydrogen-bond acceptors (Lipinski definition) is 4. The van der Waals surface area contributed by atoms with Crippen LogP contribution in [0.15, 0.2) is 15.5 Å². The maximum absolute atomic E-state index is 11.9. The molecule has 100 valence electrons. The van der Waals surface area contributed by atoms with Crippen LogP contribution in [0.4, 0.5) is 5.69 Å². The monoisotopic (exact) mass is 315 g/mol. The average molecular weight is 316 g/mol. The number of nitrogens with zero attached hydrogens (tertiary/aromatic N) is 2. The first-order valence-corrected chi connectivity index (χ1v) is 7.12.